The van der Waals surface area contributed by atoms with Gasteiger partial charge < -0.3 is 20.8 Å². The van der Waals surface area contributed by atoms with Crippen LogP contribution in [-0.4, -0.2) is 71.6 Å². The zero-order valence-corrected chi connectivity index (χ0v) is 18.3. The maximum Gasteiger partial charge on any atom is 0.423 e. The Morgan fingerprint density at radius 1 is 1.15 bits per heavy atom. The third kappa shape index (κ3) is 4.74. The lowest BCUT2D eigenvalue weighted by atomic mass is 9.93. The molecule has 0 saturated carbocycles. The summed E-state index contributed by atoms with van der Waals surface area (Å²) >= 11 is 0. The molecule has 9 nitrogen and oxygen atoms in total. The van der Waals surface area contributed by atoms with Crippen LogP contribution < -0.4 is 10.6 Å². The minimum absolute atomic E-state index is 0.0138. The minimum Gasteiger partial charge on any atom is -0.393 e. The van der Waals surface area contributed by atoms with Crippen LogP contribution in [0.1, 0.15) is 12.5 Å². The Labute approximate surface area is 188 Å². The number of hydrogen-bond donors (Lipinski definition) is 3. The maximum atomic E-state index is 13.2. The zero-order valence-electron chi connectivity index (χ0n) is 17.5. The van der Waals surface area contributed by atoms with Crippen molar-refractivity contribution in [3.8, 4) is 11.8 Å². The van der Waals surface area contributed by atoms with Crippen molar-refractivity contribution in [3.05, 3.63) is 42.0 Å². The number of nitrogen functional groups attached to an aromatic ring is 1. The molecule has 0 bridgehead atoms. The largest absolute Gasteiger partial charge is 0.423 e. The van der Waals surface area contributed by atoms with Gasteiger partial charge in [-0.2, -0.15) is 17.5 Å². The van der Waals surface area contributed by atoms with Gasteiger partial charge in [0.25, 0.3) is 10.0 Å². The average molecular weight is 485 g/mol. The van der Waals surface area contributed by atoms with Crippen LogP contribution in [0.3, 0.4) is 0 Å². The van der Waals surface area contributed by atoms with Crippen LogP contribution >= 0.6 is 0 Å². The average Bonchev–Trinajstić information content (AvgIpc) is 2.78. The number of piperazine rings is 1. The molecule has 0 spiro atoms. The third-order valence-electron chi connectivity index (χ3n) is 5.29. The quantitative estimate of drug-likeness (QED) is 0.528. The molecule has 3 rings (SSSR count). The van der Waals surface area contributed by atoms with Crippen molar-refractivity contribution in [2.75, 3.05) is 36.9 Å². The second-order valence-electron chi connectivity index (χ2n) is 7.33. The lowest BCUT2D eigenvalue weighted by Gasteiger charge is -2.40. The fraction of sp³-hybridized carbons (Fsp3) is 0.400. The first-order valence-corrected chi connectivity index (χ1v) is 11.2. The molecule has 1 aromatic heterocycles. The summed E-state index contributed by atoms with van der Waals surface area (Å²) in [5, 5.41) is 26.0. The molecule has 4 N–H and O–H groups in total. The summed E-state index contributed by atoms with van der Waals surface area (Å²) in [5.74, 6) is 5.74. The molecule has 1 unspecified atom stereocenters. The molecule has 33 heavy (non-hydrogen) atoms. The van der Waals surface area contributed by atoms with E-state index in [0.29, 0.717) is 5.69 Å². The Kier molecular flexibility index (Phi) is 6.85. The molecular weight excluding hydrogens is 463 g/mol. The van der Waals surface area contributed by atoms with E-state index < -0.39 is 40.0 Å². The van der Waals surface area contributed by atoms with Crippen LogP contribution in [-0.2, 0) is 15.6 Å². The lowest BCUT2D eigenvalue weighted by molar-refractivity contribution is -0.277. The summed E-state index contributed by atoms with van der Waals surface area (Å²) in [7, 11) is -3.96. The molecule has 0 aliphatic carbocycles. The number of alkyl halides is 3. The molecule has 1 fully saturated rings. The zero-order chi connectivity index (χ0) is 24.4. The van der Waals surface area contributed by atoms with E-state index in [1.165, 1.54) is 28.6 Å². The first-order chi connectivity index (χ1) is 15.4. The molecule has 2 atom stereocenters. The highest BCUT2D eigenvalue weighted by Crippen LogP contribution is 2.39. The Morgan fingerprint density at radius 2 is 1.82 bits per heavy atom. The van der Waals surface area contributed by atoms with E-state index in [1.54, 1.807) is 11.8 Å². The number of aromatic nitrogens is 2. The van der Waals surface area contributed by atoms with Gasteiger partial charge in [0.15, 0.2) is 5.03 Å². The molecule has 1 aromatic carbocycles. The molecular formula is C20H22F3N5O4S. The van der Waals surface area contributed by atoms with E-state index in [-0.39, 0.29) is 30.5 Å². The minimum atomic E-state index is -5.07. The third-order valence-corrected chi connectivity index (χ3v) is 7.05. The first kappa shape index (κ1) is 24.7. The summed E-state index contributed by atoms with van der Waals surface area (Å²) in [6, 6.07) is 6.86. The summed E-state index contributed by atoms with van der Waals surface area (Å²) in [5.41, 5.74) is 2.05. The number of nitrogens with zero attached hydrogens (tertiary/aromatic N) is 4. The van der Waals surface area contributed by atoms with E-state index >= 15 is 0 Å². The van der Waals surface area contributed by atoms with Crippen molar-refractivity contribution in [3.63, 3.8) is 0 Å². The molecule has 1 saturated heterocycles. The van der Waals surface area contributed by atoms with Crippen LogP contribution in [0.15, 0.2) is 41.4 Å². The normalized spacial score (nSPS) is 19.5. The number of halogens is 3. The molecule has 13 heteroatoms. The summed E-state index contributed by atoms with van der Waals surface area (Å²) in [6.07, 6.45) is -5.07. The predicted molar refractivity (Wildman–Crippen MR) is 113 cm³/mol. The van der Waals surface area contributed by atoms with Gasteiger partial charge in [-0.05, 0) is 36.8 Å². The van der Waals surface area contributed by atoms with Gasteiger partial charge in [0.2, 0.25) is 5.60 Å². The lowest BCUT2D eigenvalue weighted by Crippen LogP contribution is -2.54. The van der Waals surface area contributed by atoms with E-state index in [9.17, 15) is 26.7 Å². The number of aliphatic hydroxyl groups excluding tert-OH is 1. The molecule has 1 aliphatic heterocycles. The van der Waals surface area contributed by atoms with Gasteiger partial charge in [-0.1, -0.05) is 18.1 Å². The van der Waals surface area contributed by atoms with E-state index in [2.05, 4.69) is 22.0 Å². The molecule has 1 aliphatic rings. The first-order valence-electron chi connectivity index (χ1n) is 9.73. The predicted octanol–water partition coefficient (Wildman–Crippen LogP) is 0.704. The number of aliphatic hydroxyl groups is 2. The molecule has 2 heterocycles. The fourth-order valence-electron chi connectivity index (χ4n) is 3.45. The number of anilines is 2. The number of nitrogens with two attached hydrogens (primary N) is 1. The van der Waals surface area contributed by atoms with Gasteiger partial charge in [0.05, 0.1) is 6.61 Å². The van der Waals surface area contributed by atoms with E-state index in [4.69, 9.17) is 10.8 Å². The van der Waals surface area contributed by atoms with Crippen molar-refractivity contribution in [2.24, 2.45) is 0 Å². The number of sulfonamides is 1. The Morgan fingerprint density at radius 3 is 2.33 bits per heavy atom. The van der Waals surface area contributed by atoms with E-state index in [1.807, 2.05) is 0 Å². The second-order valence-corrected chi connectivity index (χ2v) is 9.21. The van der Waals surface area contributed by atoms with Crippen molar-refractivity contribution in [1.82, 2.24) is 14.5 Å². The van der Waals surface area contributed by atoms with Crippen LogP contribution in [0.2, 0.25) is 0 Å². The highest BCUT2D eigenvalue weighted by atomic mass is 32.2. The van der Waals surface area contributed by atoms with Gasteiger partial charge in [-0.15, -0.1) is 16.1 Å². The van der Waals surface area contributed by atoms with Crippen molar-refractivity contribution >= 4 is 21.5 Å². The van der Waals surface area contributed by atoms with Gasteiger partial charge in [-0.25, -0.2) is 8.42 Å². The van der Waals surface area contributed by atoms with Crippen molar-refractivity contribution < 1.29 is 31.8 Å². The molecule has 0 amide bonds. The maximum absolute atomic E-state index is 13.2. The Bertz CT molecular complexity index is 1150. The van der Waals surface area contributed by atoms with Crippen molar-refractivity contribution in [1.29, 1.82) is 0 Å². The summed E-state index contributed by atoms with van der Waals surface area (Å²) in [6.45, 7) is 0.320. The van der Waals surface area contributed by atoms with Crippen LogP contribution in [0.4, 0.5) is 24.7 Å². The number of benzene rings is 1. The monoisotopic (exact) mass is 485 g/mol. The second kappa shape index (κ2) is 9.14. The summed E-state index contributed by atoms with van der Waals surface area (Å²) < 4.78 is 66.7. The molecule has 0 radical (unpaired) electrons. The van der Waals surface area contributed by atoms with Crippen LogP contribution in [0.25, 0.3) is 0 Å². The van der Waals surface area contributed by atoms with Crippen molar-refractivity contribution in [2.45, 2.75) is 29.8 Å². The van der Waals surface area contributed by atoms with Crippen LogP contribution in [0, 0.1) is 11.8 Å². The van der Waals surface area contributed by atoms with Crippen LogP contribution in [0.5, 0.6) is 0 Å². The number of rotatable bonds is 5. The van der Waals surface area contributed by atoms with E-state index in [0.717, 1.165) is 12.1 Å². The smallest absolute Gasteiger partial charge is 0.393 e. The SMILES string of the molecule is CC#CC1CN(S(=O)(=O)c2ccc(N)nn2)CCN1c1ccc([C@](O)(CO)C(F)(F)F)cc1. The Hall–Kier alpha value is -2.92. The molecule has 178 valence electrons. The Balaban J connectivity index is 1.86. The molecule has 2 aromatic rings. The topological polar surface area (TPSA) is 133 Å². The highest BCUT2D eigenvalue weighted by Gasteiger charge is 2.54. The highest BCUT2D eigenvalue weighted by molar-refractivity contribution is 7.89. The van der Waals surface area contributed by atoms with Gasteiger partial charge >= 0.3 is 6.18 Å². The van der Waals surface area contributed by atoms with Gasteiger partial charge in [0, 0.05) is 25.3 Å². The number of hydrogen-bond acceptors (Lipinski definition) is 8. The fourth-order valence-corrected chi connectivity index (χ4v) is 4.76. The summed E-state index contributed by atoms with van der Waals surface area (Å²) in [4.78, 5) is 1.76. The standard InChI is InChI=1S/C20H22F3N5O4S/c1-2-3-16-12-27(33(31,32)18-9-8-17(24)25-26-18)10-11-28(16)15-6-4-14(5-7-15)19(30,13-29)20(21,22)23/h4-9,16,29-30H,10-13H2,1H3,(H2,24,25)/t16?,19-/m1/s1. The van der Waals surface area contributed by atoms with Gasteiger partial charge in [0.1, 0.15) is 11.9 Å². The van der Waals surface area contributed by atoms with Gasteiger partial charge in [-0.3, -0.25) is 0 Å².